The highest BCUT2D eigenvalue weighted by Crippen LogP contribution is 2.46. The molecule has 4 rings (SSSR count). The minimum atomic E-state index is -0.411. The summed E-state index contributed by atoms with van der Waals surface area (Å²) in [6.45, 7) is 6.41. The first-order valence-corrected chi connectivity index (χ1v) is 9.51. The van der Waals surface area contributed by atoms with Crippen LogP contribution in [-0.4, -0.2) is 16.4 Å². The zero-order chi connectivity index (χ0) is 20.5. The van der Waals surface area contributed by atoms with Gasteiger partial charge in [-0.05, 0) is 39.0 Å². The van der Waals surface area contributed by atoms with Crippen LogP contribution >= 0.6 is 0 Å². The van der Waals surface area contributed by atoms with E-state index in [2.05, 4.69) is 6.07 Å². The monoisotopic (exact) mass is 386 g/mol. The number of hydrogen-bond donors (Lipinski definition) is 1. The predicted octanol–water partition coefficient (Wildman–Crippen LogP) is 4.11. The zero-order valence-electron chi connectivity index (χ0n) is 16.6. The zero-order valence-corrected chi connectivity index (χ0v) is 16.6. The summed E-state index contributed by atoms with van der Waals surface area (Å²) in [5.74, 6) is 0.922. The van der Waals surface area contributed by atoms with Crippen LogP contribution in [0.2, 0.25) is 0 Å². The maximum atomic E-state index is 9.85. The van der Waals surface area contributed by atoms with E-state index in [1.54, 1.807) is 4.68 Å². The van der Waals surface area contributed by atoms with Gasteiger partial charge in [0.1, 0.15) is 17.4 Å². The smallest absolute Gasteiger partial charge is 0.229 e. The summed E-state index contributed by atoms with van der Waals surface area (Å²) in [5, 5.41) is 14.6. The minimum absolute atomic E-state index is 0.0876. The number of nitriles is 1. The molecule has 3 aromatic rings. The van der Waals surface area contributed by atoms with Crippen LogP contribution < -0.4 is 15.2 Å². The number of fused-ring (bicyclic) bond motifs is 1. The molecule has 1 aliphatic rings. The molecule has 146 valence electrons. The number of para-hydroxylation sites is 1. The minimum Gasteiger partial charge on any atom is -0.494 e. The van der Waals surface area contributed by atoms with Gasteiger partial charge in [-0.3, -0.25) is 0 Å². The summed E-state index contributed by atoms with van der Waals surface area (Å²) in [6, 6.07) is 17.9. The summed E-state index contributed by atoms with van der Waals surface area (Å²) in [6.07, 6.45) is 0. The fourth-order valence-corrected chi connectivity index (χ4v) is 3.69. The molecular weight excluding hydrogens is 364 g/mol. The molecule has 6 nitrogen and oxygen atoms in total. The summed E-state index contributed by atoms with van der Waals surface area (Å²) < 4.78 is 13.5. The Kier molecular flexibility index (Phi) is 4.73. The Morgan fingerprint density at radius 3 is 2.59 bits per heavy atom. The third-order valence-corrected chi connectivity index (χ3v) is 5.04. The van der Waals surface area contributed by atoms with Gasteiger partial charge in [0.15, 0.2) is 0 Å². The Balaban J connectivity index is 1.95. The van der Waals surface area contributed by atoms with Gasteiger partial charge in [-0.15, -0.1) is 0 Å². The summed E-state index contributed by atoms with van der Waals surface area (Å²) in [4.78, 5) is 0. The van der Waals surface area contributed by atoms with E-state index in [0.717, 1.165) is 33.8 Å². The average molecular weight is 386 g/mol. The number of allylic oxidation sites excluding steroid dienone is 1. The number of hydrogen-bond acceptors (Lipinski definition) is 5. The quantitative estimate of drug-likeness (QED) is 0.729. The molecule has 1 atom stereocenters. The number of rotatable bonds is 4. The second-order valence-electron chi connectivity index (χ2n) is 6.95. The van der Waals surface area contributed by atoms with E-state index >= 15 is 0 Å². The average Bonchev–Trinajstić information content (AvgIpc) is 3.04. The second kappa shape index (κ2) is 7.36. The van der Waals surface area contributed by atoms with E-state index in [4.69, 9.17) is 20.3 Å². The molecule has 0 amide bonds. The lowest BCUT2D eigenvalue weighted by atomic mass is 9.83. The molecule has 2 N–H and O–H groups in total. The van der Waals surface area contributed by atoms with Crippen LogP contribution in [0.3, 0.4) is 0 Å². The van der Waals surface area contributed by atoms with E-state index < -0.39 is 5.92 Å². The first-order valence-electron chi connectivity index (χ1n) is 9.51. The normalized spacial score (nSPS) is 15.4. The van der Waals surface area contributed by atoms with Crippen LogP contribution in [0, 0.1) is 25.2 Å². The van der Waals surface area contributed by atoms with E-state index in [0.29, 0.717) is 18.1 Å². The highest BCUT2D eigenvalue weighted by atomic mass is 16.5. The Labute approximate surface area is 169 Å². The Morgan fingerprint density at radius 1 is 1.17 bits per heavy atom. The molecule has 1 aliphatic heterocycles. The number of aryl methyl sites for hydroxylation is 2. The molecule has 0 bridgehead atoms. The fraction of sp³-hybridized carbons (Fsp3) is 0.217. The first-order chi connectivity index (χ1) is 14.0. The van der Waals surface area contributed by atoms with E-state index in [1.807, 2.05) is 69.3 Å². The SMILES string of the molecule is CCOc1ccccc1[C@H]1C(C#N)=C(N)Oc2c1c(C)nn2-c1ccc(C)cc1. The van der Waals surface area contributed by atoms with Crippen LogP contribution in [-0.2, 0) is 0 Å². The van der Waals surface area contributed by atoms with E-state index in [9.17, 15) is 5.26 Å². The van der Waals surface area contributed by atoms with Gasteiger partial charge in [-0.2, -0.15) is 10.4 Å². The number of nitrogens with two attached hydrogens (primary N) is 1. The molecule has 0 fully saturated rings. The van der Waals surface area contributed by atoms with Gasteiger partial charge in [0.2, 0.25) is 11.8 Å². The predicted molar refractivity (Wildman–Crippen MR) is 110 cm³/mol. The lowest BCUT2D eigenvalue weighted by molar-refractivity contribution is 0.333. The molecule has 0 spiro atoms. The number of nitrogens with zero attached hydrogens (tertiary/aromatic N) is 3. The van der Waals surface area contributed by atoms with Crippen molar-refractivity contribution in [3.63, 3.8) is 0 Å². The standard InChI is InChI=1S/C23H22N4O2/c1-4-28-19-8-6-5-7-17(19)21-18(13-24)22(25)29-23-20(21)15(3)26-27(23)16-11-9-14(2)10-12-16/h5-12,21H,4,25H2,1-3H3/t21-/m0/s1. The maximum absolute atomic E-state index is 9.85. The third-order valence-electron chi connectivity index (χ3n) is 5.04. The van der Waals surface area contributed by atoms with Crippen molar-refractivity contribution < 1.29 is 9.47 Å². The van der Waals surface area contributed by atoms with Crippen molar-refractivity contribution in [3.8, 4) is 23.4 Å². The number of benzene rings is 2. The molecule has 2 heterocycles. The lowest BCUT2D eigenvalue weighted by Gasteiger charge is -2.26. The molecule has 2 aromatic carbocycles. The number of aromatic nitrogens is 2. The molecule has 29 heavy (non-hydrogen) atoms. The van der Waals surface area contributed by atoms with Gasteiger partial charge < -0.3 is 15.2 Å². The molecule has 0 aliphatic carbocycles. The van der Waals surface area contributed by atoms with Gasteiger partial charge >= 0.3 is 0 Å². The third kappa shape index (κ3) is 3.11. The largest absolute Gasteiger partial charge is 0.494 e. The molecule has 0 saturated heterocycles. The van der Waals surface area contributed by atoms with E-state index in [-0.39, 0.29) is 5.88 Å². The lowest BCUT2D eigenvalue weighted by Crippen LogP contribution is -2.22. The van der Waals surface area contributed by atoms with Crippen molar-refractivity contribution in [2.75, 3.05) is 6.61 Å². The Morgan fingerprint density at radius 2 is 1.90 bits per heavy atom. The first kappa shape index (κ1) is 18.6. The van der Waals surface area contributed by atoms with Crippen LogP contribution in [0.4, 0.5) is 0 Å². The van der Waals surface area contributed by atoms with Crippen LogP contribution in [0.5, 0.6) is 11.6 Å². The number of ether oxygens (including phenoxy) is 2. The van der Waals surface area contributed by atoms with Gasteiger partial charge in [-0.25, -0.2) is 4.68 Å². The fourth-order valence-electron chi connectivity index (χ4n) is 3.69. The topological polar surface area (TPSA) is 86.1 Å². The van der Waals surface area contributed by atoms with Crippen LogP contribution in [0.1, 0.15) is 35.2 Å². The van der Waals surface area contributed by atoms with Gasteiger partial charge in [0.05, 0.1) is 29.5 Å². The van der Waals surface area contributed by atoms with Crippen LogP contribution in [0.15, 0.2) is 60.0 Å². The Hall–Kier alpha value is -3.72. The van der Waals surface area contributed by atoms with Crippen molar-refractivity contribution >= 4 is 0 Å². The van der Waals surface area contributed by atoms with Crippen molar-refractivity contribution in [2.24, 2.45) is 5.73 Å². The van der Waals surface area contributed by atoms with E-state index in [1.165, 1.54) is 0 Å². The van der Waals surface area contributed by atoms with Gasteiger partial charge in [-0.1, -0.05) is 35.9 Å². The molecule has 6 heteroatoms. The van der Waals surface area contributed by atoms with Crippen LogP contribution in [0.25, 0.3) is 5.69 Å². The van der Waals surface area contributed by atoms with Crippen molar-refractivity contribution in [2.45, 2.75) is 26.7 Å². The molecule has 1 aromatic heterocycles. The van der Waals surface area contributed by atoms with Gasteiger partial charge in [0, 0.05) is 5.56 Å². The summed E-state index contributed by atoms with van der Waals surface area (Å²) >= 11 is 0. The van der Waals surface area contributed by atoms with Crippen molar-refractivity contribution in [1.29, 1.82) is 5.26 Å². The molecule has 0 unspecified atom stereocenters. The van der Waals surface area contributed by atoms with Crippen molar-refractivity contribution in [3.05, 3.63) is 82.4 Å². The second-order valence-corrected chi connectivity index (χ2v) is 6.95. The maximum Gasteiger partial charge on any atom is 0.229 e. The highest BCUT2D eigenvalue weighted by Gasteiger charge is 2.37. The Bertz CT molecular complexity index is 1140. The molecule has 0 saturated carbocycles. The van der Waals surface area contributed by atoms with Crippen molar-refractivity contribution in [1.82, 2.24) is 9.78 Å². The summed E-state index contributed by atoms with van der Waals surface area (Å²) in [7, 11) is 0. The summed E-state index contributed by atoms with van der Waals surface area (Å²) in [5.41, 5.74) is 11.0. The molecule has 0 radical (unpaired) electrons. The van der Waals surface area contributed by atoms with Gasteiger partial charge in [0.25, 0.3) is 0 Å². The highest BCUT2D eigenvalue weighted by molar-refractivity contribution is 5.59. The molecular formula is C23H22N4O2.